The second-order valence-corrected chi connectivity index (χ2v) is 7.90. The van der Waals surface area contributed by atoms with E-state index in [4.69, 9.17) is 9.84 Å². The highest BCUT2D eigenvalue weighted by Crippen LogP contribution is 2.44. The number of carboxylic acids is 1. The molecule has 3 heteroatoms. The smallest absolute Gasteiger partial charge is 0.303 e. The number of carboxylic acid groups (broad SMARTS) is 1. The summed E-state index contributed by atoms with van der Waals surface area (Å²) in [5.41, 5.74) is 5.29. The Morgan fingerprint density at radius 3 is 2.59 bits per heavy atom. The van der Waals surface area contributed by atoms with Crippen LogP contribution in [-0.2, 0) is 9.53 Å². The summed E-state index contributed by atoms with van der Waals surface area (Å²) in [6, 6.07) is 0. The van der Waals surface area contributed by atoms with E-state index in [-0.39, 0.29) is 17.9 Å². The maximum absolute atomic E-state index is 10.5. The molecule has 0 radical (unpaired) electrons. The van der Waals surface area contributed by atoms with Crippen molar-refractivity contribution >= 4 is 5.97 Å². The number of allylic oxidation sites excluding steroid dienone is 9. The summed E-state index contributed by atoms with van der Waals surface area (Å²) < 4.78 is 5.83. The van der Waals surface area contributed by atoms with Crippen molar-refractivity contribution in [3.05, 3.63) is 58.7 Å². The van der Waals surface area contributed by atoms with Gasteiger partial charge in [-0.25, -0.2) is 0 Å². The molecule has 0 spiro atoms. The van der Waals surface area contributed by atoms with Gasteiger partial charge in [-0.1, -0.05) is 61.4 Å². The molecule has 1 rings (SSSR count). The predicted molar refractivity (Wildman–Crippen MR) is 114 cm³/mol. The van der Waals surface area contributed by atoms with Crippen molar-refractivity contribution in [1.29, 1.82) is 0 Å². The number of carbonyl (C=O) groups is 1. The van der Waals surface area contributed by atoms with Gasteiger partial charge in [-0.15, -0.1) is 0 Å². The van der Waals surface area contributed by atoms with Crippen LogP contribution in [0.25, 0.3) is 0 Å². The summed E-state index contributed by atoms with van der Waals surface area (Å²) in [4.78, 5) is 10.5. The summed E-state index contributed by atoms with van der Waals surface area (Å²) in [6.45, 7) is 13.6. The van der Waals surface area contributed by atoms with Gasteiger partial charge >= 0.3 is 5.97 Å². The van der Waals surface area contributed by atoms with Crippen LogP contribution < -0.4 is 0 Å². The zero-order valence-corrected chi connectivity index (χ0v) is 17.8. The minimum Gasteiger partial charge on any atom is -0.481 e. The van der Waals surface area contributed by atoms with E-state index in [1.54, 1.807) is 0 Å². The highest BCUT2D eigenvalue weighted by atomic mass is 16.5. The van der Waals surface area contributed by atoms with E-state index in [9.17, 15) is 4.79 Å². The summed E-state index contributed by atoms with van der Waals surface area (Å²) in [5, 5.41) is 8.67. The fourth-order valence-electron chi connectivity index (χ4n) is 3.37. The van der Waals surface area contributed by atoms with E-state index in [2.05, 4.69) is 45.9 Å². The van der Waals surface area contributed by atoms with E-state index in [1.807, 2.05) is 32.1 Å². The maximum atomic E-state index is 10.5. The predicted octanol–water partition coefficient (Wildman–Crippen LogP) is 6.40. The van der Waals surface area contributed by atoms with Gasteiger partial charge in [0.25, 0.3) is 0 Å². The molecule has 1 aliphatic rings. The molecule has 27 heavy (non-hydrogen) atoms. The highest BCUT2D eigenvalue weighted by Gasteiger charge is 2.32. The van der Waals surface area contributed by atoms with Gasteiger partial charge in [0.1, 0.15) is 0 Å². The number of rotatable bonds is 10. The normalized spacial score (nSPS) is 19.5. The molecule has 0 heterocycles. The Kier molecular flexibility index (Phi) is 9.51. The van der Waals surface area contributed by atoms with Crippen molar-refractivity contribution in [1.82, 2.24) is 0 Å². The van der Waals surface area contributed by atoms with Gasteiger partial charge in [0.05, 0.1) is 6.10 Å². The van der Waals surface area contributed by atoms with Crippen molar-refractivity contribution in [2.75, 3.05) is 6.61 Å². The van der Waals surface area contributed by atoms with Crippen LogP contribution in [-0.4, -0.2) is 23.8 Å². The highest BCUT2D eigenvalue weighted by molar-refractivity contribution is 5.66. The molecule has 0 fully saturated rings. The Balaban J connectivity index is 2.80. The number of hydrogen-bond acceptors (Lipinski definition) is 2. The first-order valence-corrected chi connectivity index (χ1v) is 9.94. The minimum absolute atomic E-state index is 0.177. The summed E-state index contributed by atoms with van der Waals surface area (Å²) >= 11 is 0. The van der Waals surface area contributed by atoms with Gasteiger partial charge in [0.2, 0.25) is 0 Å². The Morgan fingerprint density at radius 1 is 1.26 bits per heavy atom. The molecule has 1 unspecified atom stereocenters. The van der Waals surface area contributed by atoms with Crippen LogP contribution >= 0.6 is 0 Å². The fraction of sp³-hybridized carbons (Fsp3) is 0.542. The molecule has 0 aliphatic heterocycles. The largest absolute Gasteiger partial charge is 0.481 e. The molecule has 0 aromatic rings. The lowest BCUT2D eigenvalue weighted by molar-refractivity contribution is -0.136. The molecule has 1 atom stereocenters. The first kappa shape index (κ1) is 23.2. The van der Waals surface area contributed by atoms with Gasteiger partial charge in [-0.05, 0) is 63.5 Å². The molecular formula is C24H36O3. The first-order valence-electron chi connectivity index (χ1n) is 9.94. The van der Waals surface area contributed by atoms with Crippen LogP contribution in [0.5, 0.6) is 0 Å². The average Bonchev–Trinajstić information content (AvgIpc) is 2.87. The third kappa shape index (κ3) is 8.13. The van der Waals surface area contributed by atoms with Crippen LogP contribution in [0.4, 0.5) is 0 Å². The van der Waals surface area contributed by atoms with Crippen molar-refractivity contribution in [2.24, 2.45) is 5.41 Å². The Labute approximate surface area is 165 Å². The molecule has 0 saturated carbocycles. The molecule has 0 saturated heterocycles. The first-order chi connectivity index (χ1) is 12.7. The Morgan fingerprint density at radius 2 is 1.96 bits per heavy atom. The lowest BCUT2D eigenvalue weighted by Gasteiger charge is -2.22. The Bertz CT molecular complexity index is 657. The van der Waals surface area contributed by atoms with Gasteiger partial charge in [0.15, 0.2) is 0 Å². The van der Waals surface area contributed by atoms with E-state index < -0.39 is 5.97 Å². The lowest BCUT2D eigenvalue weighted by Crippen LogP contribution is -2.13. The second-order valence-electron chi connectivity index (χ2n) is 7.90. The van der Waals surface area contributed by atoms with Crippen molar-refractivity contribution in [3.8, 4) is 0 Å². The number of aliphatic carboxylic acids is 1. The zero-order valence-electron chi connectivity index (χ0n) is 17.8. The number of hydrogen-bond donors (Lipinski definition) is 1. The van der Waals surface area contributed by atoms with Crippen molar-refractivity contribution in [2.45, 2.75) is 73.3 Å². The summed E-state index contributed by atoms with van der Waals surface area (Å²) in [7, 11) is 0. The van der Waals surface area contributed by atoms with E-state index in [1.165, 1.54) is 23.1 Å². The lowest BCUT2D eigenvalue weighted by atomic mass is 9.84. The van der Waals surface area contributed by atoms with Crippen LogP contribution in [0.3, 0.4) is 0 Å². The Hall–Kier alpha value is -1.87. The summed E-state index contributed by atoms with van der Waals surface area (Å²) in [5.74, 6) is -0.758. The molecule has 3 nitrogen and oxygen atoms in total. The van der Waals surface area contributed by atoms with Gasteiger partial charge < -0.3 is 9.84 Å². The van der Waals surface area contributed by atoms with Crippen LogP contribution in [0.1, 0.15) is 67.2 Å². The second kappa shape index (κ2) is 11.1. The number of ether oxygens (including phenoxy) is 1. The quantitative estimate of drug-likeness (QED) is 0.451. The summed E-state index contributed by atoms with van der Waals surface area (Å²) in [6.07, 6.45) is 15.7. The topological polar surface area (TPSA) is 46.5 Å². The zero-order chi connectivity index (χ0) is 20.4. The van der Waals surface area contributed by atoms with Gasteiger partial charge in [-0.3, -0.25) is 4.79 Å². The molecule has 0 amide bonds. The van der Waals surface area contributed by atoms with Crippen molar-refractivity contribution < 1.29 is 14.6 Å². The SMILES string of the molecule is CCOC(C)C1=C(C=CC(C)=CC=CC(C)=CCCC(=O)O)C(C)(C)CC1. The van der Waals surface area contributed by atoms with Gasteiger partial charge in [-0.2, -0.15) is 0 Å². The monoisotopic (exact) mass is 372 g/mol. The van der Waals surface area contributed by atoms with Gasteiger partial charge in [0, 0.05) is 13.0 Å². The van der Waals surface area contributed by atoms with Crippen molar-refractivity contribution in [3.63, 3.8) is 0 Å². The fourth-order valence-corrected chi connectivity index (χ4v) is 3.37. The maximum Gasteiger partial charge on any atom is 0.303 e. The molecule has 0 aromatic heterocycles. The van der Waals surface area contributed by atoms with Crippen LogP contribution in [0, 0.1) is 5.41 Å². The van der Waals surface area contributed by atoms with E-state index >= 15 is 0 Å². The standard InChI is InChI=1S/C24H36O3/c1-7-27-20(4)21-16-17-24(5,6)22(21)15-14-19(3)11-8-10-18(2)12-9-13-23(25)26/h8,10-12,14-15,20H,7,9,13,16-17H2,1-6H3,(H,25,26). The third-order valence-corrected chi connectivity index (χ3v) is 5.06. The molecule has 150 valence electrons. The third-order valence-electron chi connectivity index (χ3n) is 5.06. The molecule has 1 N–H and O–H groups in total. The van der Waals surface area contributed by atoms with E-state index in [0.29, 0.717) is 6.42 Å². The molecular weight excluding hydrogens is 336 g/mol. The molecule has 1 aliphatic carbocycles. The minimum atomic E-state index is -0.758. The van der Waals surface area contributed by atoms with Crippen LogP contribution in [0.2, 0.25) is 0 Å². The molecule has 0 aromatic carbocycles. The molecule has 0 bridgehead atoms. The van der Waals surface area contributed by atoms with Crippen LogP contribution in [0.15, 0.2) is 58.7 Å². The average molecular weight is 373 g/mol. The van der Waals surface area contributed by atoms with E-state index in [0.717, 1.165) is 18.6 Å².